The van der Waals surface area contributed by atoms with Gasteiger partial charge < -0.3 is 5.84 Å². The van der Waals surface area contributed by atoms with Crippen molar-refractivity contribution < 1.29 is 0 Å². The quantitative estimate of drug-likeness (QED) is 0.477. The molecule has 1 aromatic rings. The molecule has 1 rings (SSSR count). The molecule has 0 aliphatic heterocycles. The van der Waals surface area contributed by atoms with Gasteiger partial charge in [0.05, 0.1) is 0 Å². The molecule has 0 atom stereocenters. The summed E-state index contributed by atoms with van der Waals surface area (Å²) in [7, 11) is 0. The van der Waals surface area contributed by atoms with Gasteiger partial charge in [-0.25, -0.2) is 0 Å². The van der Waals surface area contributed by atoms with E-state index in [9.17, 15) is 0 Å². The predicted octanol–water partition coefficient (Wildman–Crippen LogP) is 4.01. The van der Waals surface area contributed by atoms with E-state index in [2.05, 4.69) is 49.8 Å². The van der Waals surface area contributed by atoms with Crippen molar-refractivity contribution in [1.29, 1.82) is 0 Å². The van der Waals surface area contributed by atoms with Gasteiger partial charge in [-0.2, -0.15) is 5.10 Å². The van der Waals surface area contributed by atoms with Crippen LogP contribution >= 0.6 is 0 Å². The molecule has 2 N–H and O–H groups in total. The van der Waals surface area contributed by atoms with Crippen molar-refractivity contribution in [2.24, 2.45) is 10.9 Å². The zero-order valence-corrected chi connectivity index (χ0v) is 11.5. The second-order valence-corrected chi connectivity index (χ2v) is 4.26. The van der Waals surface area contributed by atoms with Gasteiger partial charge in [-0.15, -0.1) is 0 Å². The number of allylic oxidation sites excluding steroid dienone is 1. The predicted molar refractivity (Wildman–Crippen MR) is 78.1 cm³/mol. The number of hydrogen-bond acceptors (Lipinski definition) is 2. The van der Waals surface area contributed by atoms with Crippen LogP contribution in [0.1, 0.15) is 45.2 Å². The van der Waals surface area contributed by atoms with Gasteiger partial charge in [-0.1, -0.05) is 49.8 Å². The smallest absolute Gasteiger partial charge is 0.0314 e. The Morgan fingerprint density at radius 3 is 2.18 bits per heavy atom. The largest absolute Gasteiger partial charge is 0.323 e. The highest BCUT2D eigenvalue weighted by atomic mass is 15.1. The molecule has 17 heavy (non-hydrogen) atoms. The van der Waals surface area contributed by atoms with Crippen LogP contribution in [0.5, 0.6) is 0 Å². The fourth-order valence-electron chi connectivity index (χ4n) is 1.42. The lowest BCUT2D eigenvalue weighted by Crippen LogP contribution is -1.89. The van der Waals surface area contributed by atoms with Crippen molar-refractivity contribution in [1.82, 2.24) is 0 Å². The maximum Gasteiger partial charge on any atom is 0.0314 e. The summed E-state index contributed by atoms with van der Waals surface area (Å²) in [6, 6.07) is 8.50. The molecule has 0 heterocycles. The second kappa shape index (κ2) is 8.57. The van der Waals surface area contributed by atoms with Crippen LogP contribution in [0.25, 0.3) is 5.57 Å². The van der Waals surface area contributed by atoms with Gasteiger partial charge in [0.25, 0.3) is 0 Å². The van der Waals surface area contributed by atoms with Gasteiger partial charge in [0, 0.05) is 5.71 Å². The first-order valence-corrected chi connectivity index (χ1v) is 5.97. The Morgan fingerprint density at radius 1 is 1.24 bits per heavy atom. The molecule has 2 heteroatoms. The Bertz CT molecular complexity index is 374. The standard InChI is InChI=1S/C12H16.C3H8N2/c1-4-7-11-8-5-6-9-12(11)10(2)3;1-3(2)5-4/h5-6,8-9H,2,4,7H2,1,3H3;4H2,1-2H3. The van der Waals surface area contributed by atoms with E-state index in [4.69, 9.17) is 5.84 Å². The summed E-state index contributed by atoms with van der Waals surface area (Å²) >= 11 is 0. The summed E-state index contributed by atoms with van der Waals surface area (Å²) in [6.07, 6.45) is 2.35. The fraction of sp³-hybridized carbons (Fsp3) is 0.400. The summed E-state index contributed by atoms with van der Waals surface area (Å²) in [6.45, 7) is 11.9. The normalized spacial score (nSPS) is 8.94. The molecule has 1 aromatic carbocycles. The van der Waals surface area contributed by atoms with Crippen LogP contribution in [-0.4, -0.2) is 5.71 Å². The highest BCUT2D eigenvalue weighted by molar-refractivity contribution is 5.78. The molecular formula is C15H24N2. The maximum absolute atomic E-state index is 4.76. The Morgan fingerprint density at radius 2 is 1.76 bits per heavy atom. The SMILES string of the molecule is C=C(C)c1ccccc1CCC.CC(C)=NN. The van der Waals surface area contributed by atoms with Crippen LogP contribution in [0.3, 0.4) is 0 Å². The number of hydrogen-bond donors (Lipinski definition) is 1. The first-order chi connectivity index (χ1) is 8.02. The van der Waals surface area contributed by atoms with Crippen molar-refractivity contribution >= 4 is 11.3 Å². The molecule has 0 unspecified atom stereocenters. The molecule has 0 aliphatic carbocycles. The highest BCUT2D eigenvalue weighted by Crippen LogP contribution is 2.18. The van der Waals surface area contributed by atoms with Gasteiger partial charge in [0.1, 0.15) is 0 Å². The van der Waals surface area contributed by atoms with Crippen LogP contribution in [0, 0.1) is 0 Å². The number of aryl methyl sites for hydroxylation is 1. The van der Waals surface area contributed by atoms with Gasteiger partial charge >= 0.3 is 0 Å². The number of rotatable bonds is 3. The minimum Gasteiger partial charge on any atom is -0.323 e. The van der Waals surface area contributed by atoms with Gasteiger partial charge in [0.15, 0.2) is 0 Å². The average Bonchev–Trinajstić information content (AvgIpc) is 2.30. The average molecular weight is 232 g/mol. The van der Waals surface area contributed by atoms with Crippen LogP contribution in [0.15, 0.2) is 35.9 Å². The van der Waals surface area contributed by atoms with Crippen LogP contribution in [-0.2, 0) is 6.42 Å². The first kappa shape index (κ1) is 15.4. The van der Waals surface area contributed by atoms with Crippen molar-refractivity contribution in [3.05, 3.63) is 42.0 Å². The Kier molecular flexibility index (Phi) is 7.78. The number of hydrazone groups is 1. The molecular weight excluding hydrogens is 208 g/mol. The van der Waals surface area contributed by atoms with Gasteiger partial charge in [0.2, 0.25) is 0 Å². The summed E-state index contributed by atoms with van der Waals surface area (Å²) in [5.74, 6) is 4.76. The number of benzene rings is 1. The van der Waals surface area contributed by atoms with Crippen molar-refractivity contribution in [2.75, 3.05) is 0 Å². The lowest BCUT2D eigenvalue weighted by Gasteiger charge is -2.06. The second-order valence-electron chi connectivity index (χ2n) is 4.26. The van der Waals surface area contributed by atoms with E-state index in [0.29, 0.717) is 0 Å². The Balaban J connectivity index is 0.000000437. The van der Waals surface area contributed by atoms with Crippen LogP contribution in [0.2, 0.25) is 0 Å². The van der Waals surface area contributed by atoms with E-state index in [1.807, 2.05) is 13.8 Å². The third-order valence-electron chi connectivity index (χ3n) is 2.25. The first-order valence-electron chi connectivity index (χ1n) is 5.97. The molecule has 0 saturated carbocycles. The summed E-state index contributed by atoms with van der Waals surface area (Å²) in [4.78, 5) is 0. The van der Waals surface area contributed by atoms with E-state index >= 15 is 0 Å². The number of nitrogens with zero attached hydrogens (tertiary/aromatic N) is 1. The molecule has 0 aliphatic rings. The molecule has 0 fully saturated rings. The molecule has 0 spiro atoms. The maximum atomic E-state index is 4.76. The summed E-state index contributed by atoms with van der Waals surface area (Å²) in [5.41, 5.74) is 4.82. The molecule has 0 saturated heterocycles. The topological polar surface area (TPSA) is 38.4 Å². The Labute approximate surface area is 105 Å². The summed E-state index contributed by atoms with van der Waals surface area (Å²) < 4.78 is 0. The molecule has 2 nitrogen and oxygen atoms in total. The van der Waals surface area contributed by atoms with Crippen LogP contribution < -0.4 is 5.84 Å². The Hall–Kier alpha value is -1.57. The van der Waals surface area contributed by atoms with E-state index in [0.717, 1.165) is 12.1 Å². The van der Waals surface area contributed by atoms with E-state index in [1.54, 1.807) is 0 Å². The third kappa shape index (κ3) is 6.56. The van der Waals surface area contributed by atoms with E-state index < -0.39 is 0 Å². The molecule has 0 radical (unpaired) electrons. The minimum atomic E-state index is 0.907. The third-order valence-corrected chi connectivity index (χ3v) is 2.25. The molecule has 94 valence electrons. The number of nitrogens with two attached hydrogens (primary N) is 1. The molecule has 0 aromatic heterocycles. The minimum absolute atomic E-state index is 0.907. The lowest BCUT2D eigenvalue weighted by atomic mass is 9.99. The molecule has 0 bridgehead atoms. The van der Waals surface area contributed by atoms with Gasteiger partial charge in [-0.05, 0) is 38.3 Å². The van der Waals surface area contributed by atoms with Crippen molar-refractivity contribution in [3.8, 4) is 0 Å². The van der Waals surface area contributed by atoms with E-state index in [1.165, 1.54) is 23.1 Å². The summed E-state index contributed by atoms with van der Waals surface area (Å²) in [5, 5.41) is 3.31. The van der Waals surface area contributed by atoms with Crippen molar-refractivity contribution in [2.45, 2.75) is 40.5 Å². The zero-order valence-electron chi connectivity index (χ0n) is 11.5. The lowest BCUT2D eigenvalue weighted by molar-refractivity contribution is 0.918. The fourth-order valence-corrected chi connectivity index (χ4v) is 1.42. The van der Waals surface area contributed by atoms with Crippen molar-refractivity contribution in [3.63, 3.8) is 0 Å². The molecule has 0 amide bonds. The van der Waals surface area contributed by atoms with E-state index in [-0.39, 0.29) is 0 Å². The van der Waals surface area contributed by atoms with Crippen LogP contribution in [0.4, 0.5) is 0 Å². The monoisotopic (exact) mass is 232 g/mol. The zero-order chi connectivity index (χ0) is 13.3. The highest BCUT2D eigenvalue weighted by Gasteiger charge is 1.99. The van der Waals surface area contributed by atoms with Gasteiger partial charge in [-0.3, -0.25) is 0 Å².